The molecule has 1 saturated heterocycles. The second-order valence-corrected chi connectivity index (χ2v) is 11.5. The Bertz CT molecular complexity index is 1410. The van der Waals surface area contributed by atoms with Gasteiger partial charge in [-0.1, -0.05) is 18.2 Å². The Morgan fingerprint density at radius 2 is 1.68 bits per heavy atom. The minimum atomic E-state index is -5.57. The number of hydrogen-bond acceptors (Lipinski definition) is 5. The van der Waals surface area contributed by atoms with Gasteiger partial charge >= 0.3 is 18.3 Å². The average molecular weight is 568 g/mol. The summed E-state index contributed by atoms with van der Waals surface area (Å²) in [5, 5.41) is 11.8. The van der Waals surface area contributed by atoms with Crippen LogP contribution in [-0.2, 0) is 31.5 Å². The van der Waals surface area contributed by atoms with Crippen LogP contribution in [0.2, 0.25) is 0 Å². The van der Waals surface area contributed by atoms with Gasteiger partial charge in [0, 0.05) is 12.6 Å². The average Bonchev–Trinajstić information content (AvgIpc) is 3.23. The molecule has 4 rings (SSSR count). The Labute approximate surface area is 211 Å². The minimum Gasteiger partial charge on any atom is -0.330 e. The van der Waals surface area contributed by atoms with E-state index in [0.717, 1.165) is 12.1 Å². The molecule has 3 atom stereocenters. The predicted molar refractivity (Wildman–Crippen MR) is 117 cm³/mol. The number of fused-ring (bicyclic) bond motifs is 3. The zero-order valence-electron chi connectivity index (χ0n) is 19.4. The molecular formula is C23H19F7N2O5S. The van der Waals surface area contributed by atoms with Crippen molar-refractivity contribution in [2.24, 2.45) is 0 Å². The molecule has 0 N–H and O–H groups in total. The highest BCUT2D eigenvalue weighted by atomic mass is 32.2. The van der Waals surface area contributed by atoms with Gasteiger partial charge in [0.25, 0.3) is 5.69 Å². The predicted octanol–water partition coefficient (Wildman–Crippen LogP) is 5.12. The molecule has 1 fully saturated rings. The summed E-state index contributed by atoms with van der Waals surface area (Å²) < 4.78 is 121. The highest BCUT2D eigenvalue weighted by molar-refractivity contribution is 7.92. The van der Waals surface area contributed by atoms with E-state index in [4.69, 9.17) is 0 Å². The zero-order chi connectivity index (χ0) is 28.5. The highest BCUT2D eigenvalue weighted by Gasteiger charge is 2.64. The number of aryl methyl sites for hydroxylation is 1. The van der Waals surface area contributed by atoms with Crippen molar-refractivity contribution in [1.82, 2.24) is 4.90 Å². The SMILES string of the molecule is CC(F)(c1cc2c(cc1[N+](=O)[O-])[C@]1(S(=O)(=O)c3ccccc3)CCN(C(=O)C(F)(F)F)[C@@H]1CC2)C(F)(F)F. The van der Waals surface area contributed by atoms with Crippen molar-refractivity contribution >= 4 is 21.4 Å². The fourth-order valence-electron chi connectivity index (χ4n) is 5.44. The van der Waals surface area contributed by atoms with E-state index in [1.807, 2.05) is 0 Å². The lowest BCUT2D eigenvalue weighted by Gasteiger charge is -2.42. The van der Waals surface area contributed by atoms with Gasteiger partial charge in [0.05, 0.1) is 21.4 Å². The van der Waals surface area contributed by atoms with E-state index in [1.165, 1.54) is 18.2 Å². The van der Waals surface area contributed by atoms with Crippen molar-refractivity contribution in [2.45, 2.75) is 59.9 Å². The summed E-state index contributed by atoms with van der Waals surface area (Å²) in [6, 6.07) is 5.85. The number of sulfone groups is 1. The van der Waals surface area contributed by atoms with Gasteiger partial charge in [-0.3, -0.25) is 14.9 Å². The van der Waals surface area contributed by atoms with E-state index in [9.17, 15) is 54.1 Å². The Morgan fingerprint density at radius 3 is 2.21 bits per heavy atom. The molecule has 1 amide bonds. The van der Waals surface area contributed by atoms with Crippen LogP contribution in [0.3, 0.4) is 0 Å². The molecule has 0 radical (unpaired) electrons. The van der Waals surface area contributed by atoms with E-state index in [1.54, 1.807) is 0 Å². The summed E-state index contributed by atoms with van der Waals surface area (Å²) in [6.07, 6.45) is -12.3. The molecule has 0 saturated carbocycles. The minimum absolute atomic E-state index is 0.0864. The second-order valence-electron chi connectivity index (χ2n) is 9.29. The van der Waals surface area contributed by atoms with Crippen LogP contribution in [0, 0.1) is 10.1 Å². The standard InChI is InChI=1S/C23H19F7N2O5S/c1-20(24,23(28,29)30)16-11-13-7-8-18-21(15(13)12-17(16)32(34)35,9-10-31(18)19(33)22(25,26)27)38(36,37)14-5-3-2-4-6-14/h2-6,11-12,18H,7-10H2,1H3/t18-,20?,21-/m1/s1. The first-order chi connectivity index (χ1) is 17.4. The third kappa shape index (κ3) is 3.93. The van der Waals surface area contributed by atoms with Crippen molar-refractivity contribution in [1.29, 1.82) is 0 Å². The quantitative estimate of drug-likeness (QED) is 0.290. The number of nitro groups is 1. The van der Waals surface area contributed by atoms with Gasteiger partial charge in [-0.15, -0.1) is 0 Å². The number of nitro benzene ring substituents is 1. The largest absolute Gasteiger partial charge is 0.471 e. The molecule has 1 aliphatic carbocycles. The lowest BCUT2D eigenvalue weighted by atomic mass is 9.76. The Kier molecular flexibility index (Phi) is 6.32. The number of carbonyl (C=O) groups is 1. The van der Waals surface area contributed by atoms with Crippen LogP contribution in [0.15, 0.2) is 47.4 Å². The molecule has 2 aromatic carbocycles. The molecule has 1 aliphatic heterocycles. The number of benzene rings is 2. The van der Waals surface area contributed by atoms with Gasteiger partial charge in [-0.05, 0) is 55.5 Å². The summed E-state index contributed by atoms with van der Waals surface area (Å²) in [7, 11) is -4.70. The molecule has 2 aromatic rings. The van der Waals surface area contributed by atoms with Gasteiger partial charge in [-0.2, -0.15) is 26.3 Å². The van der Waals surface area contributed by atoms with Gasteiger partial charge < -0.3 is 4.90 Å². The third-order valence-corrected chi connectivity index (χ3v) is 9.82. The van der Waals surface area contributed by atoms with Gasteiger partial charge in [0.1, 0.15) is 4.75 Å². The number of amides is 1. The van der Waals surface area contributed by atoms with E-state index in [-0.39, 0.29) is 23.8 Å². The summed E-state index contributed by atoms with van der Waals surface area (Å²) in [5.74, 6) is -2.31. The van der Waals surface area contributed by atoms with Crippen molar-refractivity contribution in [3.05, 3.63) is 69.3 Å². The molecule has 0 spiro atoms. The van der Waals surface area contributed by atoms with Crippen molar-refractivity contribution in [3.8, 4) is 0 Å². The van der Waals surface area contributed by atoms with Crippen LogP contribution in [0.25, 0.3) is 0 Å². The van der Waals surface area contributed by atoms with Crippen LogP contribution < -0.4 is 0 Å². The Hall–Kier alpha value is -3.23. The molecule has 2 aliphatic rings. The van der Waals surface area contributed by atoms with Gasteiger partial charge in [-0.25, -0.2) is 12.8 Å². The smallest absolute Gasteiger partial charge is 0.330 e. The fraction of sp³-hybridized carbons (Fsp3) is 0.435. The number of halogens is 7. The molecule has 1 heterocycles. The summed E-state index contributed by atoms with van der Waals surface area (Å²) >= 11 is 0. The lowest BCUT2D eigenvalue weighted by molar-refractivity contribution is -0.387. The molecule has 206 valence electrons. The molecular weight excluding hydrogens is 549 g/mol. The van der Waals surface area contributed by atoms with E-state index < -0.39 is 85.7 Å². The van der Waals surface area contributed by atoms with E-state index in [0.29, 0.717) is 17.0 Å². The maximum absolute atomic E-state index is 15.0. The summed E-state index contributed by atoms with van der Waals surface area (Å²) in [5.41, 5.74) is -7.56. The third-order valence-electron chi connectivity index (χ3n) is 7.27. The van der Waals surface area contributed by atoms with E-state index in [2.05, 4.69) is 0 Å². The van der Waals surface area contributed by atoms with Crippen LogP contribution >= 0.6 is 0 Å². The first kappa shape index (κ1) is 27.8. The van der Waals surface area contributed by atoms with Crippen LogP contribution in [0.5, 0.6) is 0 Å². The highest BCUT2D eigenvalue weighted by Crippen LogP contribution is 2.56. The Morgan fingerprint density at radius 1 is 1.08 bits per heavy atom. The Balaban J connectivity index is 2.05. The normalized spacial score (nSPS) is 23.4. The zero-order valence-corrected chi connectivity index (χ0v) is 20.3. The monoisotopic (exact) mass is 568 g/mol. The number of carbonyl (C=O) groups excluding carboxylic acids is 1. The van der Waals surface area contributed by atoms with Crippen LogP contribution in [0.4, 0.5) is 36.4 Å². The maximum Gasteiger partial charge on any atom is 0.471 e. The molecule has 1 unspecified atom stereocenters. The second kappa shape index (κ2) is 8.64. The molecule has 0 bridgehead atoms. The number of rotatable bonds is 4. The number of alkyl halides is 7. The first-order valence-corrected chi connectivity index (χ1v) is 12.6. The number of likely N-dealkylation sites (tertiary alicyclic amines) is 1. The summed E-state index contributed by atoms with van der Waals surface area (Å²) in [4.78, 5) is 22.7. The number of hydrogen-bond donors (Lipinski definition) is 0. The molecule has 0 aromatic heterocycles. The lowest BCUT2D eigenvalue weighted by Crippen LogP contribution is -2.54. The fourth-order valence-corrected chi connectivity index (χ4v) is 7.82. The topological polar surface area (TPSA) is 97.6 Å². The van der Waals surface area contributed by atoms with Crippen molar-refractivity contribution in [2.75, 3.05) is 6.54 Å². The first-order valence-electron chi connectivity index (χ1n) is 11.1. The molecule has 7 nitrogen and oxygen atoms in total. The number of nitrogens with zero attached hydrogens (tertiary/aromatic N) is 2. The maximum atomic E-state index is 15.0. The van der Waals surface area contributed by atoms with Gasteiger partial charge in [0.15, 0.2) is 9.84 Å². The molecule has 38 heavy (non-hydrogen) atoms. The van der Waals surface area contributed by atoms with Crippen molar-refractivity contribution in [3.63, 3.8) is 0 Å². The van der Waals surface area contributed by atoms with E-state index >= 15 is 0 Å². The molecule has 15 heteroatoms. The van der Waals surface area contributed by atoms with Crippen LogP contribution in [-0.4, -0.2) is 49.1 Å². The van der Waals surface area contributed by atoms with Gasteiger partial charge in [0.2, 0.25) is 5.67 Å². The van der Waals surface area contributed by atoms with Crippen molar-refractivity contribution < 1.29 is 48.9 Å². The summed E-state index contributed by atoms with van der Waals surface area (Å²) in [6.45, 7) is -0.601. The van der Waals surface area contributed by atoms with Crippen LogP contribution in [0.1, 0.15) is 36.5 Å².